The summed E-state index contributed by atoms with van der Waals surface area (Å²) >= 11 is 0. The van der Waals surface area contributed by atoms with Gasteiger partial charge in [-0.2, -0.15) is 5.10 Å². The molecular formula is C9H13N5. The van der Waals surface area contributed by atoms with Crippen LogP contribution < -0.4 is 5.32 Å². The largest absolute Gasteiger partial charge is 0.340 e. The zero-order valence-corrected chi connectivity index (χ0v) is 8.20. The fourth-order valence-electron chi connectivity index (χ4n) is 1.24. The van der Waals surface area contributed by atoms with E-state index in [2.05, 4.69) is 32.4 Å². The Balaban J connectivity index is 2.26. The number of nitrogens with one attached hydrogen (secondary N) is 3. The van der Waals surface area contributed by atoms with Gasteiger partial charge < -0.3 is 10.3 Å². The van der Waals surface area contributed by atoms with E-state index in [4.69, 9.17) is 0 Å². The molecule has 0 fully saturated rings. The molecule has 0 aliphatic rings. The lowest BCUT2D eigenvalue weighted by atomic mass is 10.3. The third-order valence-corrected chi connectivity index (χ3v) is 2.27. The Labute approximate surface area is 82.0 Å². The predicted molar refractivity (Wildman–Crippen MR) is 53.6 cm³/mol. The molecule has 0 saturated carbocycles. The van der Waals surface area contributed by atoms with E-state index >= 15 is 0 Å². The first-order valence-electron chi connectivity index (χ1n) is 4.52. The molecule has 1 unspecified atom stereocenters. The molecule has 3 N–H and O–H groups in total. The van der Waals surface area contributed by atoms with Crippen molar-refractivity contribution in [3.8, 4) is 11.4 Å². The molecular weight excluding hydrogens is 178 g/mol. The number of hydrogen-bond acceptors (Lipinski definition) is 3. The Kier molecular flexibility index (Phi) is 2.32. The smallest absolute Gasteiger partial charge is 0.140 e. The molecule has 2 aromatic heterocycles. The van der Waals surface area contributed by atoms with Gasteiger partial charge >= 0.3 is 0 Å². The molecule has 0 bridgehead atoms. The van der Waals surface area contributed by atoms with Crippen LogP contribution in [0.15, 0.2) is 18.6 Å². The molecule has 5 nitrogen and oxygen atoms in total. The number of aromatic amines is 2. The van der Waals surface area contributed by atoms with Crippen LogP contribution in [-0.4, -0.2) is 27.2 Å². The van der Waals surface area contributed by atoms with E-state index in [0.717, 1.165) is 17.1 Å². The monoisotopic (exact) mass is 191 g/mol. The van der Waals surface area contributed by atoms with Crippen LogP contribution in [0.2, 0.25) is 0 Å². The Bertz CT molecular complexity index is 389. The summed E-state index contributed by atoms with van der Waals surface area (Å²) in [5, 5.41) is 9.77. The first-order chi connectivity index (χ1) is 6.81. The molecule has 0 radical (unpaired) electrons. The van der Waals surface area contributed by atoms with E-state index in [1.54, 1.807) is 6.20 Å². The molecule has 2 rings (SSSR count). The van der Waals surface area contributed by atoms with Gasteiger partial charge in [-0.25, -0.2) is 4.98 Å². The van der Waals surface area contributed by atoms with Crippen molar-refractivity contribution >= 4 is 0 Å². The van der Waals surface area contributed by atoms with Gasteiger partial charge in [0.15, 0.2) is 0 Å². The van der Waals surface area contributed by atoms with E-state index < -0.39 is 0 Å². The second kappa shape index (κ2) is 3.63. The van der Waals surface area contributed by atoms with Gasteiger partial charge in [-0.15, -0.1) is 0 Å². The van der Waals surface area contributed by atoms with Gasteiger partial charge in [0.05, 0.1) is 23.7 Å². The van der Waals surface area contributed by atoms with E-state index in [1.807, 2.05) is 19.4 Å². The number of hydrogen-bond donors (Lipinski definition) is 3. The van der Waals surface area contributed by atoms with Gasteiger partial charge in [0.2, 0.25) is 0 Å². The van der Waals surface area contributed by atoms with Crippen molar-refractivity contribution < 1.29 is 0 Å². The van der Waals surface area contributed by atoms with E-state index in [-0.39, 0.29) is 6.04 Å². The topological polar surface area (TPSA) is 69.4 Å². The summed E-state index contributed by atoms with van der Waals surface area (Å²) in [7, 11) is 1.92. The average Bonchev–Trinajstić information content (AvgIpc) is 2.86. The fraction of sp³-hybridized carbons (Fsp3) is 0.333. The maximum Gasteiger partial charge on any atom is 0.140 e. The van der Waals surface area contributed by atoms with Crippen LogP contribution in [0.1, 0.15) is 18.7 Å². The normalized spacial score (nSPS) is 13.0. The van der Waals surface area contributed by atoms with Crippen LogP contribution in [0, 0.1) is 0 Å². The Morgan fingerprint density at radius 3 is 2.93 bits per heavy atom. The van der Waals surface area contributed by atoms with Crippen molar-refractivity contribution in [2.24, 2.45) is 0 Å². The summed E-state index contributed by atoms with van der Waals surface area (Å²) in [6.45, 7) is 2.08. The highest BCUT2D eigenvalue weighted by Gasteiger charge is 2.08. The molecule has 74 valence electrons. The number of nitrogens with zero attached hydrogens (tertiary/aromatic N) is 2. The minimum atomic E-state index is 0.281. The molecule has 14 heavy (non-hydrogen) atoms. The number of aromatic nitrogens is 4. The summed E-state index contributed by atoms with van der Waals surface area (Å²) in [5.74, 6) is 0.843. The third kappa shape index (κ3) is 1.54. The molecule has 0 aromatic carbocycles. The van der Waals surface area contributed by atoms with Crippen molar-refractivity contribution in [2.75, 3.05) is 7.05 Å². The standard InChI is InChI=1S/C9H13N5/c1-6(10-2)8-5-11-9(14-8)7-3-12-13-4-7/h3-6,10H,1-2H3,(H,11,14)(H,12,13). The number of imidazole rings is 1. The zero-order chi connectivity index (χ0) is 9.97. The quantitative estimate of drug-likeness (QED) is 0.680. The van der Waals surface area contributed by atoms with Crippen LogP contribution in [0.4, 0.5) is 0 Å². The fourth-order valence-corrected chi connectivity index (χ4v) is 1.24. The molecule has 0 amide bonds. The summed E-state index contributed by atoms with van der Waals surface area (Å²) in [4.78, 5) is 7.50. The Morgan fingerprint density at radius 2 is 2.29 bits per heavy atom. The van der Waals surface area contributed by atoms with Gasteiger partial charge in [0.25, 0.3) is 0 Å². The third-order valence-electron chi connectivity index (χ3n) is 2.27. The minimum Gasteiger partial charge on any atom is -0.340 e. The Morgan fingerprint density at radius 1 is 1.43 bits per heavy atom. The maximum atomic E-state index is 4.27. The highest BCUT2D eigenvalue weighted by atomic mass is 15.1. The maximum absolute atomic E-state index is 4.27. The molecule has 2 heterocycles. The molecule has 0 aliphatic heterocycles. The average molecular weight is 191 g/mol. The molecule has 5 heteroatoms. The molecule has 0 saturated heterocycles. The summed E-state index contributed by atoms with van der Waals surface area (Å²) in [6, 6.07) is 0.281. The van der Waals surface area contributed by atoms with Crippen LogP contribution >= 0.6 is 0 Å². The molecule has 0 spiro atoms. The second-order valence-corrected chi connectivity index (χ2v) is 3.18. The lowest BCUT2D eigenvalue weighted by Crippen LogP contribution is -2.12. The lowest BCUT2D eigenvalue weighted by molar-refractivity contribution is 0.637. The summed E-state index contributed by atoms with van der Waals surface area (Å²) < 4.78 is 0. The van der Waals surface area contributed by atoms with Crippen molar-refractivity contribution in [1.82, 2.24) is 25.5 Å². The predicted octanol–water partition coefficient (Wildman–Crippen LogP) is 1.08. The van der Waals surface area contributed by atoms with Crippen molar-refractivity contribution in [3.63, 3.8) is 0 Å². The van der Waals surface area contributed by atoms with Crippen LogP contribution in [-0.2, 0) is 0 Å². The van der Waals surface area contributed by atoms with Crippen molar-refractivity contribution in [2.45, 2.75) is 13.0 Å². The molecule has 1 atom stereocenters. The summed E-state index contributed by atoms with van der Waals surface area (Å²) in [6.07, 6.45) is 5.39. The second-order valence-electron chi connectivity index (χ2n) is 3.18. The number of H-pyrrole nitrogens is 2. The molecule has 0 aliphatic carbocycles. The lowest BCUT2D eigenvalue weighted by Gasteiger charge is -2.05. The van der Waals surface area contributed by atoms with Crippen LogP contribution in [0.3, 0.4) is 0 Å². The van der Waals surface area contributed by atoms with Gasteiger partial charge in [-0.3, -0.25) is 5.10 Å². The van der Waals surface area contributed by atoms with E-state index in [9.17, 15) is 0 Å². The van der Waals surface area contributed by atoms with Gasteiger partial charge in [0.1, 0.15) is 5.82 Å². The highest BCUT2D eigenvalue weighted by molar-refractivity contribution is 5.52. The first-order valence-corrected chi connectivity index (χ1v) is 4.52. The van der Waals surface area contributed by atoms with Gasteiger partial charge in [0, 0.05) is 12.2 Å². The minimum absolute atomic E-state index is 0.281. The highest BCUT2D eigenvalue weighted by Crippen LogP contribution is 2.16. The number of rotatable bonds is 3. The summed E-state index contributed by atoms with van der Waals surface area (Å²) in [5.41, 5.74) is 2.04. The van der Waals surface area contributed by atoms with E-state index in [1.165, 1.54) is 0 Å². The van der Waals surface area contributed by atoms with Crippen molar-refractivity contribution in [3.05, 3.63) is 24.3 Å². The van der Waals surface area contributed by atoms with Crippen LogP contribution in [0.25, 0.3) is 11.4 Å². The van der Waals surface area contributed by atoms with Gasteiger partial charge in [-0.1, -0.05) is 0 Å². The van der Waals surface area contributed by atoms with Crippen molar-refractivity contribution in [1.29, 1.82) is 0 Å². The Hall–Kier alpha value is -1.62. The SMILES string of the molecule is CNC(C)c1cnc(-c2cn[nH]c2)[nH]1. The van der Waals surface area contributed by atoms with E-state index in [0.29, 0.717) is 0 Å². The van der Waals surface area contributed by atoms with Gasteiger partial charge in [-0.05, 0) is 14.0 Å². The molecule has 2 aromatic rings. The first kappa shape index (κ1) is 8.96. The zero-order valence-electron chi connectivity index (χ0n) is 8.20. The van der Waals surface area contributed by atoms with Crippen LogP contribution in [0.5, 0.6) is 0 Å².